The molecule has 0 bridgehead atoms. The van der Waals surface area contributed by atoms with E-state index in [-0.39, 0.29) is 0 Å². The minimum Gasteiger partial charge on any atom is -0.297 e. The summed E-state index contributed by atoms with van der Waals surface area (Å²) in [7, 11) is 0. The summed E-state index contributed by atoms with van der Waals surface area (Å²) in [5, 5.41) is 8.54. The van der Waals surface area contributed by atoms with Gasteiger partial charge in [-0.15, -0.1) is 10.2 Å². The van der Waals surface area contributed by atoms with E-state index in [2.05, 4.69) is 15.2 Å². The molecule has 0 saturated carbocycles. The Morgan fingerprint density at radius 3 is 2.60 bits per heavy atom. The van der Waals surface area contributed by atoms with Crippen molar-refractivity contribution >= 4 is 11.6 Å². The van der Waals surface area contributed by atoms with Crippen LogP contribution in [-0.4, -0.2) is 19.7 Å². The molecule has 0 radical (unpaired) electrons. The van der Waals surface area contributed by atoms with Gasteiger partial charge in [0.2, 0.25) is 5.28 Å². The van der Waals surface area contributed by atoms with E-state index in [1.54, 1.807) is 6.20 Å². The summed E-state index contributed by atoms with van der Waals surface area (Å²) in [6, 6.07) is 13.9. The Hall–Kier alpha value is -2.20. The van der Waals surface area contributed by atoms with Crippen LogP contribution in [0.15, 0.2) is 54.9 Å². The normalized spacial score (nSPS) is 10.7. The second-order valence-electron chi connectivity index (χ2n) is 4.42. The quantitative estimate of drug-likeness (QED) is 0.739. The zero-order valence-corrected chi connectivity index (χ0v) is 11.5. The van der Waals surface area contributed by atoms with Crippen LogP contribution >= 0.6 is 11.6 Å². The standard InChI is InChI=1S/C15H13ClN4/c16-15-19-18-14(13-6-2-1-3-7-13)20(15)10-8-12-5-4-9-17-11-12/h1-7,9,11H,8,10H2. The fourth-order valence-electron chi connectivity index (χ4n) is 2.07. The van der Waals surface area contributed by atoms with Gasteiger partial charge in [-0.25, -0.2) is 0 Å². The molecular formula is C15H13ClN4. The monoisotopic (exact) mass is 284 g/mol. The van der Waals surface area contributed by atoms with Crippen molar-refractivity contribution in [2.24, 2.45) is 0 Å². The van der Waals surface area contributed by atoms with Gasteiger partial charge >= 0.3 is 0 Å². The second kappa shape index (κ2) is 5.84. The van der Waals surface area contributed by atoms with Crippen LogP contribution in [0, 0.1) is 0 Å². The molecule has 0 amide bonds. The van der Waals surface area contributed by atoms with E-state index in [0.717, 1.165) is 29.9 Å². The highest BCUT2D eigenvalue weighted by Gasteiger charge is 2.11. The molecule has 0 fully saturated rings. The summed E-state index contributed by atoms with van der Waals surface area (Å²) >= 11 is 6.13. The highest BCUT2D eigenvalue weighted by Crippen LogP contribution is 2.20. The zero-order chi connectivity index (χ0) is 13.8. The van der Waals surface area contributed by atoms with Crippen LogP contribution in [0.4, 0.5) is 0 Å². The molecule has 2 aromatic heterocycles. The summed E-state index contributed by atoms with van der Waals surface area (Å²) in [6.07, 6.45) is 4.47. The van der Waals surface area contributed by atoms with E-state index < -0.39 is 0 Å². The van der Waals surface area contributed by atoms with Crippen molar-refractivity contribution in [3.8, 4) is 11.4 Å². The van der Waals surface area contributed by atoms with E-state index in [0.29, 0.717) is 5.28 Å². The van der Waals surface area contributed by atoms with Crippen molar-refractivity contribution < 1.29 is 0 Å². The zero-order valence-electron chi connectivity index (χ0n) is 10.8. The van der Waals surface area contributed by atoms with Gasteiger partial charge in [0.1, 0.15) is 0 Å². The molecule has 4 nitrogen and oxygen atoms in total. The average Bonchev–Trinajstić information content (AvgIpc) is 2.88. The van der Waals surface area contributed by atoms with Crippen LogP contribution in [0.5, 0.6) is 0 Å². The molecule has 3 rings (SSSR count). The fraction of sp³-hybridized carbons (Fsp3) is 0.133. The van der Waals surface area contributed by atoms with Crippen molar-refractivity contribution in [3.63, 3.8) is 0 Å². The second-order valence-corrected chi connectivity index (χ2v) is 4.76. The number of aryl methyl sites for hydroxylation is 1. The van der Waals surface area contributed by atoms with Gasteiger partial charge in [0.15, 0.2) is 5.82 Å². The molecule has 20 heavy (non-hydrogen) atoms. The van der Waals surface area contributed by atoms with E-state index >= 15 is 0 Å². The average molecular weight is 285 g/mol. The molecule has 0 N–H and O–H groups in total. The Morgan fingerprint density at radius 1 is 1.00 bits per heavy atom. The lowest BCUT2D eigenvalue weighted by molar-refractivity contribution is 0.699. The summed E-state index contributed by atoms with van der Waals surface area (Å²) in [5.41, 5.74) is 2.18. The van der Waals surface area contributed by atoms with Crippen molar-refractivity contribution in [2.45, 2.75) is 13.0 Å². The van der Waals surface area contributed by atoms with Gasteiger partial charge in [-0.2, -0.15) is 0 Å². The smallest absolute Gasteiger partial charge is 0.225 e. The minimum absolute atomic E-state index is 0.410. The molecule has 100 valence electrons. The highest BCUT2D eigenvalue weighted by molar-refractivity contribution is 6.28. The van der Waals surface area contributed by atoms with Crippen LogP contribution in [0.1, 0.15) is 5.56 Å². The Bertz CT molecular complexity index is 680. The number of hydrogen-bond acceptors (Lipinski definition) is 3. The first-order valence-electron chi connectivity index (χ1n) is 6.37. The maximum atomic E-state index is 6.13. The van der Waals surface area contributed by atoms with Crippen LogP contribution in [-0.2, 0) is 13.0 Å². The third-order valence-corrected chi connectivity index (χ3v) is 3.36. The lowest BCUT2D eigenvalue weighted by Crippen LogP contribution is -2.04. The largest absolute Gasteiger partial charge is 0.297 e. The SMILES string of the molecule is Clc1nnc(-c2ccccc2)n1CCc1cccnc1. The first-order valence-corrected chi connectivity index (χ1v) is 6.75. The number of nitrogens with zero attached hydrogens (tertiary/aromatic N) is 4. The topological polar surface area (TPSA) is 43.6 Å². The number of aromatic nitrogens is 4. The first kappa shape index (κ1) is 12.8. The van der Waals surface area contributed by atoms with Crippen molar-refractivity contribution in [2.75, 3.05) is 0 Å². The lowest BCUT2D eigenvalue weighted by Gasteiger charge is -2.07. The predicted octanol–water partition coefficient (Wildman–Crippen LogP) is 3.24. The highest BCUT2D eigenvalue weighted by atomic mass is 35.5. The Labute approximate surface area is 122 Å². The maximum Gasteiger partial charge on any atom is 0.225 e. The van der Waals surface area contributed by atoms with Gasteiger partial charge in [0.05, 0.1) is 0 Å². The molecule has 0 spiro atoms. The summed E-state index contributed by atoms with van der Waals surface area (Å²) in [6.45, 7) is 0.724. The predicted molar refractivity (Wildman–Crippen MR) is 78.4 cm³/mol. The van der Waals surface area contributed by atoms with Crippen LogP contribution < -0.4 is 0 Å². The van der Waals surface area contributed by atoms with Crippen molar-refractivity contribution in [3.05, 3.63) is 65.7 Å². The Kier molecular flexibility index (Phi) is 3.74. The van der Waals surface area contributed by atoms with Gasteiger partial charge in [0, 0.05) is 24.5 Å². The molecule has 0 saturated heterocycles. The van der Waals surface area contributed by atoms with Crippen molar-refractivity contribution in [1.82, 2.24) is 19.7 Å². The van der Waals surface area contributed by atoms with Gasteiger partial charge in [-0.05, 0) is 29.7 Å². The maximum absolute atomic E-state index is 6.13. The van der Waals surface area contributed by atoms with E-state index in [9.17, 15) is 0 Å². The van der Waals surface area contributed by atoms with Gasteiger partial charge in [0.25, 0.3) is 0 Å². The fourth-order valence-corrected chi connectivity index (χ4v) is 2.27. The molecule has 0 aliphatic rings. The molecule has 0 unspecified atom stereocenters. The third kappa shape index (κ3) is 2.70. The van der Waals surface area contributed by atoms with E-state index in [1.165, 1.54) is 0 Å². The number of halogens is 1. The number of pyridine rings is 1. The summed E-state index contributed by atoms with van der Waals surface area (Å²) in [5.74, 6) is 0.791. The third-order valence-electron chi connectivity index (χ3n) is 3.08. The molecule has 0 aliphatic heterocycles. The molecular weight excluding hydrogens is 272 g/mol. The van der Waals surface area contributed by atoms with Crippen LogP contribution in [0.25, 0.3) is 11.4 Å². The first-order chi connectivity index (χ1) is 9.84. The number of rotatable bonds is 4. The molecule has 1 aromatic carbocycles. The number of hydrogen-bond donors (Lipinski definition) is 0. The molecule has 0 aliphatic carbocycles. The van der Waals surface area contributed by atoms with Crippen molar-refractivity contribution in [1.29, 1.82) is 0 Å². The Morgan fingerprint density at radius 2 is 1.85 bits per heavy atom. The van der Waals surface area contributed by atoms with Gasteiger partial charge in [-0.1, -0.05) is 36.4 Å². The molecule has 3 aromatic rings. The summed E-state index contributed by atoms with van der Waals surface area (Å²) < 4.78 is 1.92. The van der Waals surface area contributed by atoms with Crippen LogP contribution in [0.3, 0.4) is 0 Å². The summed E-state index contributed by atoms with van der Waals surface area (Å²) in [4.78, 5) is 4.11. The van der Waals surface area contributed by atoms with E-state index in [4.69, 9.17) is 11.6 Å². The molecule has 0 atom stereocenters. The van der Waals surface area contributed by atoms with E-state index in [1.807, 2.05) is 53.2 Å². The lowest BCUT2D eigenvalue weighted by atomic mass is 10.2. The molecule has 2 heterocycles. The Balaban J connectivity index is 1.85. The number of benzene rings is 1. The van der Waals surface area contributed by atoms with Crippen LogP contribution in [0.2, 0.25) is 5.28 Å². The minimum atomic E-state index is 0.410. The van der Waals surface area contributed by atoms with Gasteiger partial charge < -0.3 is 0 Å². The molecule has 5 heteroatoms. The van der Waals surface area contributed by atoms with Gasteiger partial charge in [-0.3, -0.25) is 9.55 Å².